The van der Waals surface area contributed by atoms with Crippen molar-refractivity contribution in [1.82, 2.24) is 0 Å². The fourth-order valence-electron chi connectivity index (χ4n) is 11.8. The molecular weight excluding hydrogens is 641 g/mol. The molecule has 49 heavy (non-hydrogen) atoms. The van der Waals surface area contributed by atoms with Crippen LogP contribution in [0.1, 0.15) is 148 Å². The van der Waals surface area contributed by atoms with Crippen molar-refractivity contribution in [2.24, 2.45) is 23.2 Å². The van der Waals surface area contributed by atoms with E-state index in [0.717, 1.165) is 50.5 Å². The molecule has 7 atom stereocenters. The first kappa shape index (κ1) is 42.4. The lowest BCUT2D eigenvalue weighted by molar-refractivity contribution is -0.140. The Morgan fingerprint density at radius 2 is 1.37 bits per heavy atom. The first-order chi connectivity index (χ1) is 22.7. The molecule has 0 saturated heterocycles. The lowest BCUT2D eigenvalue weighted by Gasteiger charge is -2.49. The first-order valence-corrected chi connectivity index (χ1v) is 24.3. The van der Waals surface area contributed by atoms with Gasteiger partial charge in [0.05, 0.1) is 24.7 Å². The normalized spacial score (nSPS) is 30.1. The molecule has 0 aromatic carbocycles. The minimum Gasteiger partial charge on any atom is -0.481 e. The monoisotopic (exact) mass is 717 g/mol. The van der Waals surface area contributed by atoms with E-state index in [9.17, 15) is 15.0 Å². The van der Waals surface area contributed by atoms with E-state index in [2.05, 4.69) is 109 Å². The number of fused-ring (bicyclic) bond motifs is 1. The second kappa shape index (κ2) is 16.8. The van der Waals surface area contributed by atoms with Crippen LogP contribution in [0.4, 0.5) is 0 Å². The van der Waals surface area contributed by atoms with Crippen molar-refractivity contribution < 1.29 is 23.9 Å². The standard InChI is InChI=1S/C42H76O5Si2/c1-26(2)48(27(3)4,28(5)6)46-36-23-35(32(13)40(24-36)47-49(29(7)8,30(9)10)31(11)12)19-18-34-17-16-22-42(15)37(20-21-38(34)42)33(14)39(43)25-41(44)45/h18-19,26-31,33,36-40,43H,13,16-17,20-25H2,1-12,14-15H3,(H,44,45)/b34-18?,35-19-/t33-,36-,37+,38-,39?,40+,42+/m0/s1. The number of carboxylic acids is 1. The Balaban J connectivity index is 2.04. The van der Waals surface area contributed by atoms with Crippen molar-refractivity contribution in [1.29, 1.82) is 0 Å². The number of allylic oxidation sites excluding steroid dienone is 3. The number of aliphatic hydroxyl groups excluding tert-OH is 1. The Hall–Kier alpha value is -0.996. The summed E-state index contributed by atoms with van der Waals surface area (Å²) >= 11 is 0. The van der Waals surface area contributed by atoms with Crippen LogP contribution in [0.5, 0.6) is 0 Å². The maximum atomic E-state index is 11.4. The summed E-state index contributed by atoms with van der Waals surface area (Å²) in [6.45, 7) is 37.8. The van der Waals surface area contributed by atoms with Gasteiger partial charge in [0.1, 0.15) is 0 Å². The summed E-state index contributed by atoms with van der Waals surface area (Å²) in [6.07, 6.45) is 11.2. The second-order valence-corrected chi connectivity index (χ2v) is 29.3. The number of carboxylic acid groups (broad SMARTS) is 1. The molecule has 1 unspecified atom stereocenters. The van der Waals surface area contributed by atoms with Crippen molar-refractivity contribution >= 4 is 22.6 Å². The Morgan fingerprint density at radius 1 is 0.857 bits per heavy atom. The molecule has 3 saturated carbocycles. The SMILES string of the molecule is C=C1/C(=C\C=C2CCC[C@]3(C)[C@@H]([C@H](C)C(O)CC(=O)O)CC[C@@H]23)C[C@H](O[Si](C(C)C)(C(C)C)C(C)C)C[C@H]1O[Si](C(C)C)(C(C)C)C(C)C. The van der Waals surface area contributed by atoms with Crippen LogP contribution in [-0.4, -0.2) is 51.1 Å². The second-order valence-electron chi connectivity index (χ2n) is 18.5. The van der Waals surface area contributed by atoms with Crippen LogP contribution >= 0.6 is 0 Å². The molecule has 2 N–H and O–H groups in total. The van der Waals surface area contributed by atoms with Gasteiger partial charge in [-0.15, -0.1) is 0 Å². The van der Waals surface area contributed by atoms with Gasteiger partial charge >= 0.3 is 5.97 Å². The fourth-order valence-corrected chi connectivity index (χ4v) is 22.9. The topological polar surface area (TPSA) is 76.0 Å². The molecule has 3 aliphatic rings. The average Bonchev–Trinajstić information content (AvgIpc) is 3.34. The summed E-state index contributed by atoms with van der Waals surface area (Å²) in [4.78, 5) is 11.4. The zero-order chi connectivity index (χ0) is 37.2. The summed E-state index contributed by atoms with van der Waals surface area (Å²) in [5.74, 6) is -0.162. The molecule has 0 aromatic rings. The van der Waals surface area contributed by atoms with Crippen LogP contribution in [-0.2, 0) is 13.6 Å². The van der Waals surface area contributed by atoms with Crippen LogP contribution in [0.2, 0.25) is 33.2 Å². The maximum Gasteiger partial charge on any atom is 0.305 e. The summed E-state index contributed by atoms with van der Waals surface area (Å²) < 4.78 is 15.1. The van der Waals surface area contributed by atoms with Gasteiger partial charge in [-0.25, -0.2) is 0 Å². The molecule has 7 heteroatoms. The van der Waals surface area contributed by atoms with Crippen molar-refractivity contribution in [3.63, 3.8) is 0 Å². The van der Waals surface area contributed by atoms with E-state index in [1.54, 1.807) is 0 Å². The highest BCUT2D eigenvalue weighted by atomic mass is 28.4. The molecule has 0 spiro atoms. The summed E-state index contributed by atoms with van der Waals surface area (Å²) in [5.41, 5.74) is 7.10. The molecule has 0 heterocycles. The van der Waals surface area contributed by atoms with E-state index >= 15 is 0 Å². The van der Waals surface area contributed by atoms with Gasteiger partial charge in [-0.05, 0) is 106 Å². The van der Waals surface area contributed by atoms with Gasteiger partial charge < -0.3 is 19.1 Å². The van der Waals surface area contributed by atoms with Gasteiger partial charge in [0.15, 0.2) is 0 Å². The third-order valence-corrected chi connectivity index (χ3v) is 26.3. The third-order valence-electron chi connectivity index (χ3n) is 14.0. The lowest BCUT2D eigenvalue weighted by Crippen LogP contribution is -2.54. The number of hydrogen-bond donors (Lipinski definition) is 2. The zero-order valence-corrected chi connectivity index (χ0v) is 36.1. The minimum atomic E-state index is -2.17. The smallest absolute Gasteiger partial charge is 0.305 e. The molecule has 3 fully saturated rings. The average molecular weight is 717 g/mol. The molecule has 0 amide bonds. The number of rotatable bonds is 15. The molecule has 3 rings (SSSR count). The molecule has 0 bridgehead atoms. The highest BCUT2D eigenvalue weighted by molar-refractivity contribution is 6.78. The number of aliphatic hydroxyl groups is 1. The van der Waals surface area contributed by atoms with Crippen LogP contribution < -0.4 is 0 Å². The zero-order valence-electron chi connectivity index (χ0n) is 34.1. The van der Waals surface area contributed by atoms with Gasteiger partial charge in [0, 0.05) is 6.42 Å². The molecule has 282 valence electrons. The predicted molar refractivity (Wildman–Crippen MR) is 212 cm³/mol. The molecule has 0 radical (unpaired) electrons. The Kier molecular flexibility index (Phi) is 14.5. The maximum absolute atomic E-state index is 11.4. The van der Waals surface area contributed by atoms with Gasteiger partial charge in [0.2, 0.25) is 16.6 Å². The number of aliphatic carboxylic acids is 1. The van der Waals surface area contributed by atoms with E-state index in [1.807, 2.05) is 0 Å². The van der Waals surface area contributed by atoms with Crippen molar-refractivity contribution in [3.05, 3.63) is 35.5 Å². The highest BCUT2D eigenvalue weighted by Crippen LogP contribution is 2.60. The molecule has 3 aliphatic carbocycles. The molecule has 0 aliphatic heterocycles. The summed E-state index contributed by atoms with van der Waals surface area (Å²) in [6, 6.07) is 0. The van der Waals surface area contributed by atoms with Gasteiger partial charge in [-0.2, -0.15) is 0 Å². The highest BCUT2D eigenvalue weighted by Gasteiger charge is 2.53. The van der Waals surface area contributed by atoms with Crippen LogP contribution in [0.3, 0.4) is 0 Å². The third kappa shape index (κ3) is 8.47. The van der Waals surface area contributed by atoms with E-state index in [1.165, 1.54) is 11.1 Å². The van der Waals surface area contributed by atoms with E-state index in [0.29, 0.717) is 45.1 Å². The number of hydrogen-bond acceptors (Lipinski definition) is 4. The fraction of sp³-hybridized carbons (Fsp3) is 0.833. The van der Waals surface area contributed by atoms with Crippen LogP contribution in [0.25, 0.3) is 0 Å². The van der Waals surface area contributed by atoms with E-state index in [-0.39, 0.29) is 30.0 Å². The minimum absolute atomic E-state index is 0.0302. The van der Waals surface area contributed by atoms with Crippen LogP contribution in [0.15, 0.2) is 35.5 Å². The van der Waals surface area contributed by atoms with Crippen molar-refractivity contribution in [2.45, 2.75) is 200 Å². The van der Waals surface area contributed by atoms with Gasteiger partial charge in [-0.3, -0.25) is 4.79 Å². The first-order valence-electron chi connectivity index (χ1n) is 20.0. The number of carbonyl (C=O) groups is 1. The van der Waals surface area contributed by atoms with E-state index < -0.39 is 28.7 Å². The Bertz CT molecular complexity index is 1160. The summed E-state index contributed by atoms with van der Waals surface area (Å²) in [5, 5.41) is 20.2. The van der Waals surface area contributed by atoms with Gasteiger partial charge in [0.25, 0.3) is 0 Å². The Labute approximate surface area is 304 Å². The quantitative estimate of drug-likeness (QED) is 0.165. The van der Waals surface area contributed by atoms with Crippen molar-refractivity contribution in [3.8, 4) is 0 Å². The predicted octanol–water partition coefficient (Wildman–Crippen LogP) is 12.0. The van der Waals surface area contributed by atoms with Crippen molar-refractivity contribution in [2.75, 3.05) is 0 Å². The lowest BCUT2D eigenvalue weighted by atomic mass is 9.60. The Morgan fingerprint density at radius 3 is 1.86 bits per heavy atom. The largest absolute Gasteiger partial charge is 0.481 e. The molecule has 5 nitrogen and oxygen atoms in total. The van der Waals surface area contributed by atoms with Crippen LogP contribution in [0, 0.1) is 23.2 Å². The van der Waals surface area contributed by atoms with E-state index in [4.69, 9.17) is 15.4 Å². The van der Waals surface area contributed by atoms with Gasteiger partial charge in [-0.1, -0.05) is 121 Å². The molecule has 0 aromatic heterocycles. The molecular formula is C42H76O5Si2. The summed E-state index contributed by atoms with van der Waals surface area (Å²) in [7, 11) is -4.28.